The van der Waals surface area contributed by atoms with Gasteiger partial charge in [-0.2, -0.15) is 23.4 Å². The largest absolute Gasteiger partial charge is 0.436 e. The first-order valence-corrected chi connectivity index (χ1v) is 6.52. The number of amides is 1. The Labute approximate surface area is 129 Å². The molecule has 0 aromatic carbocycles. The fourth-order valence-electron chi connectivity index (χ4n) is 1.96. The summed E-state index contributed by atoms with van der Waals surface area (Å²) in [6, 6.07) is 1.70. The van der Waals surface area contributed by atoms with Gasteiger partial charge in [0, 0.05) is 27.3 Å². The first-order valence-electron chi connectivity index (χ1n) is 6.15. The van der Waals surface area contributed by atoms with Crippen LogP contribution in [-0.2, 0) is 26.8 Å². The Bertz CT molecular complexity index is 706. The van der Waals surface area contributed by atoms with Crippen molar-refractivity contribution in [1.82, 2.24) is 24.5 Å². The van der Waals surface area contributed by atoms with E-state index in [9.17, 15) is 18.0 Å². The summed E-state index contributed by atoms with van der Waals surface area (Å²) in [5, 5.41) is 6.56. The summed E-state index contributed by atoms with van der Waals surface area (Å²) in [6.45, 7) is 0.179. The Morgan fingerprint density at radius 3 is 2.45 bits per heavy atom. The van der Waals surface area contributed by atoms with E-state index in [-0.39, 0.29) is 12.2 Å². The standard InChI is InChI=1S/C12H13ClF3N5O/c1-19(6-7-4-5-17-20(7)2)11(22)9-8(13)10(12(14,15)16)18-21(9)3/h4-5H,6H2,1-3H3. The van der Waals surface area contributed by atoms with Gasteiger partial charge < -0.3 is 4.90 Å². The van der Waals surface area contributed by atoms with Crippen LogP contribution >= 0.6 is 11.6 Å². The molecule has 0 aliphatic heterocycles. The van der Waals surface area contributed by atoms with Gasteiger partial charge in [-0.05, 0) is 6.07 Å². The van der Waals surface area contributed by atoms with Crippen LogP contribution < -0.4 is 0 Å². The molecule has 1 amide bonds. The predicted octanol–water partition coefficient (Wildman–Crippen LogP) is 2.10. The molecule has 2 aromatic heterocycles. The maximum atomic E-state index is 12.8. The molecule has 0 aliphatic rings. The fraction of sp³-hybridized carbons (Fsp3) is 0.417. The number of hydrogen-bond acceptors (Lipinski definition) is 3. The van der Waals surface area contributed by atoms with Gasteiger partial charge in [-0.15, -0.1) is 0 Å². The van der Waals surface area contributed by atoms with E-state index in [1.165, 1.54) is 19.0 Å². The topological polar surface area (TPSA) is 56.0 Å². The van der Waals surface area contributed by atoms with Gasteiger partial charge in [-0.25, -0.2) is 0 Å². The van der Waals surface area contributed by atoms with Crippen molar-refractivity contribution in [3.8, 4) is 0 Å². The Kier molecular flexibility index (Phi) is 4.19. The third kappa shape index (κ3) is 2.94. The van der Waals surface area contributed by atoms with Crippen LogP contribution in [0.1, 0.15) is 21.9 Å². The van der Waals surface area contributed by atoms with Gasteiger partial charge in [0.25, 0.3) is 5.91 Å². The quantitative estimate of drug-likeness (QED) is 0.863. The highest BCUT2D eigenvalue weighted by molar-refractivity contribution is 6.34. The molecule has 0 aliphatic carbocycles. The van der Waals surface area contributed by atoms with Gasteiger partial charge in [-0.3, -0.25) is 14.2 Å². The van der Waals surface area contributed by atoms with E-state index in [4.69, 9.17) is 11.6 Å². The van der Waals surface area contributed by atoms with Gasteiger partial charge in [0.2, 0.25) is 0 Å². The summed E-state index contributed by atoms with van der Waals surface area (Å²) >= 11 is 5.70. The average molecular weight is 336 g/mol. The van der Waals surface area contributed by atoms with Crippen LogP contribution in [0.5, 0.6) is 0 Å². The van der Waals surface area contributed by atoms with Crippen molar-refractivity contribution < 1.29 is 18.0 Å². The third-order valence-corrected chi connectivity index (χ3v) is 3.49. The van der Waals surface area contributed by atoms with Gasteiger partial charge in [0.05, 0.1) is 12.2 Å². The molecule has 0 spiro atoms. The lowest BCUT2D eigenvalue weighted by Gasteiger charge is -2.17. The Hall–Kier alpha value is -2.03. The van der Waals surface area contributed by atoms with Gasteiger partial charge >= 0.3 is 6.18 Å². The number of nitrogens with zero attached hydrogens (tertiary/aromatic N) is 5. The van der Waals surface area contributed by atoms with Gasteiger partial charge in [-0.1, -0.05) is 11.6 Å². The molecule has 0 radical (unpaired) electrons. The zero-order valence-electron chi connectivity index (χ0n) is 12.0. The van der Waals surface area contributed by atoms with E-state index in [1.807, 2.05) is 0 Å². The molecule has 22 heavy (non-hydrogen) atoms. The van der Waals surface area contributed by atoms with Crippen LogP contribution in [0.3, 0.4) is 0 Å². The van der Waals surface area contributed by atoms with Gasteiger partial charge in [0.15, 0.2) is 5.69 Å². The highest BCUT2D eigenvalue weighted by atomic mass is 35.5. The second-order valence-electron chi connectivity index (χ2n) is 4.74. The van der Waals surface area contributed by atoms with Crippen molar-refractivity contribution in [2.24, 2.45) is 14.1 Å². The minimum atomic E-state index is -4.71. The Morgan fingerprint density at radius 1 is 1.36 bits per heavy atom. The van der Waals surface area contributed by atoms with Crippen molar-refractivity contribution in [1.29, 1.82) is 0 Å². The van der Waals surface area contributed by atoms with Crippen molar-refractivity contribution in [2.75, 3.05) is 7.05 Å². The zero-order valence-corrected chi connectivity index (χ0v) is 12.8. The van der Waals surface area contributed by atoms with Crippen molar-refractivity contribution in [3.05, 3.63) is 34.4 Å². The van der Waals surface area contributed by atoms with E-state index in [2.05, 4.69) is 10.2 Å². The summed E-state index contributed by atoms with van der Waals surface area (Å²) in [6.07, 6.45) is -3.15. The number of alkyl halides is 3. The minimum Gasteiger partial charge on any atom is -0.334 e. The molecule has 6 nitrogen and oxygen atoms in total. The molecule has 0 N–H and O–H groups in total. The number of carbonyl (C=O) groups is 1. The minimum absolute atomic E-state index is 0.179. The fourth-order valence-corrected chi connectivity index (χ4v) is 2.31. The number of halogens is 4. The Morgan fingerprint density at radius 2 is 2.00 bits per heavy atom. The molecule has 10 heteroatoms. The second-order valence-corrected chi connectivity index (χ2v) is 5.12. The SMILES string of the molecule is CN(Cc1ccnn1C)C(=O)c1c(Cl)c(C(F)(F)F)nn1C. The summed E-state index contributed by atoms with van der Waals surface area (Å²) < 4.78 is 40.7. The van der Waals surface area contributed by atoms with E-state index in [0.717, 1.165) is 10.4 Å². The van der Waals surface area contributed by atoms with Gasteiger partial charge in [0.1, 0.15) is 10.7 Å². The first kappa shape index (κ1) is 16.3. The highest BCUT2D eigenvalue weighted by Crippen LogP contribution is 2.35. The van der Waals surface area contributed by atoms with E-state index in [0.29, 0.717) is 0 Å². The smallest absolute Gasteiger partial charge is 0.334 e. The molecule has 0 bridgehead atoms. The lowest BCUT2D eigenvalue weighted by Crippen LogP contribution is -2.29. The molecule has 2 aromatic rings. The van der Waals surface area contributed by atoms with Crippen LogP contribution in [0.15, 0.2) is 12.3 Å². The van der Waals surface area contributed by atoms with E-state index in [1.54, 1.807) is 24.0 Å². The molecule has 0 unspecified atom stereocenters. The molecule has 2 rings (SSSR count). The third-order valence-electron chi connectivity index (χ3n) is 3.13. The number of carbonyl (C=O) groups excluding carboxylic acids is 1. The molecule has 0 saturated heterocycles. The summed E-state index contributed by atoms with van der Waals surface area (Å²) in [4.78, 5) is 13.6. The van der Waals surface area contributed by atoms with Crippen molar-refractivity contribution in [2.45, 2.75) is 12.7 Å². The van der Waals surface area contributed by atoms with Crippen LogP contribution in [0, 0.1) is 0 Å². The maximum absolute atomic E-state index is 12.8. The maximum Gasteiger partial charge on any atom is 0.436 e. The molecular weight excluding hydrogens is 323 g/mol. The van der Waals surface area contributed by atoms with Crippen molar-refractivity contribution in [3.63, 3.8) is 0 Å². The van der Waals surface area contributed by atoms with Crippen LogP contribution in [0.2, 0.25) is 5.02 Å². The number of hydrogen-bond donors (Lipinski definition) is 0. The lowest BCUT2D eigenvalue weighted by atomic mass is 10.3. The molecule has 120 valence electrons. The summed E-state index contributed by atoms with van der Waals surface area (Å²) in [5.41, 5.74) is -0.849. The molecule has 0 atom stereocenters. The summed E-state index contributed by atoms with van der Waals surface area (Å²) in [5.74, 6) is -0.656. The zero-order chi connectivity index (χ0) is 16.7. The van der Waals surface area contributed by atoms with Crippen LogP contribution in [0.4, 0.5) is 13.2 Å². The van der Waals surface area contributed by atoms with Crippen molar-refractivity contribution >= 4 is 17.5 Å². The monoisotopic (exact) mass is 335 g/mol. The molecule has 0 fully saturated rings. The Balaban J connectivity index is 2.30. The number of aryl methyl sites for hydroxylation is 2. The van der Waals surface area contributed by atoms with Crippen LogP contribution in [0.25, 0.3) is 0 Å². The predicted molar refractivity (Wildman–Crippen MR) is 72.2 cm³/mol. The molecular formula is C12H13ClF3N5O. The molecule has 0 saturated carbocycles. The number of rotatable bonds is 3. The highest BCUT2D eigenvalue weighted by Gasteiger charge is 2.40. The first-order chi connectivity index (χ1) is 10.1. The normalized spacial score (nSPS) is 11.8. The van der Waals surface area contributed by atoms with Crippen LogP contribution in [-0.4, -0.2) is 37.4 Å². The van der Waals surface area contributed by atoms with E-state index < -0.39 is 22.8 Å². The number of aromatic nitrogens is 4. The van der Waals surface area contributed by atoms with E-state index >= 15 is 0 Å². The average Bonchev–Trinajstić information content (AvgIpc) is 2.92. The second kappa shape index (κ2) is 5.64. The summed E-state index contributed by atoms with van der Waals surface area (Å²) in [7, 11) is 4.41. The lowest BCUT2D eigenvalue weighted by molar-refractivity contribution is -0.141. The molecule has 2 heterocycles.